The number of benzene rings is 3. The molecule has 0 saturated carbocycles. The molecule has 0 bridgehead atoms. The van der Waals surface area contributed by atoms with Crippen molar-refractivity contribution in [1.82, 2.24) is 0 Å². The van der Waals surface area contributed by atoms with Crippen LogP contribution in [0.4, 0.5) is 8.78 Å². The summed E-state index contributed by atoms with van der Waals surface area (Å²) >= 11 is 1.65. The summed E-state index contributed by atoms with van der Waals surface area (Å²) in [6.07, 6.45) is 2.01. The quantitative estimate of drug-likeness (QED) is 0.557. The van der Waals surface area contributed by atoms with Gasteiger partial charge in [-0.3, -0.25) is 0 Å². The van der Waals surface area contributed by atoms with Crippen LogP contribution in [0.2, 0.25) is 0 Å². The van der Waals surface area contributed by atoms with E-state index in [1.54, 1.807) is 17.8 Å². The van der Waals surface area contributed by atoms with E-state index in [-0.39, 0.29) is 6.79 Å². The van der Waals surface area contributed by atoms with Gasteiger partial charge in [-0.1, -0.05) is 12.1 Å². The van der Waals surface area contributed by atoms with Gasteiger partial charge in [0.1, 0.15) is 11.6 Å². The number of hydrogen-bond donors (Lipinski definition) is 0. The number of rotatable bonds is 3. The van der Waals surface area contributed by atoms with Gasteiger partial charge in [0, 0.05) is 11.0 Å². The lowest BCUT2D eigenvalue weighted by atomic mass is 9.94. The van der Waals surface area contributed by atoms with Gasteiger partial charge in [-0.25, -0.2) is 8.78 Å². The predicted molar refractivity (Wildman–Crippen MR) is 95.1 cm³/mol. The van der Waals surface area contributed by atoms with E-state index < -0.39 is 11.6 Å². The molecule has 0 fully saturated rings. The Morgan fingerprint density at radius 2 is 1.32 bits per heavy atom. The fourth-order valence-electron chi connectivity index (χ4n) is 2.90. The number of thioether (sulfide) groups is 1. The number of hydrogen-bond acceptors (Lipinski definition) is 3. The van der Waals surface area contributed by atoms with Gasteiger partial charge >= 0.3 is 0 Å². The molecule has 4 rings (SSSR count). The van der Waals surface area contributed by atoms with Crippen LogP contribution in [0.15, 0.2) is 59.5 Å². The van der Waals surface area contributed by atoms with Gasteiger partial charge < -0.3 is 9.47 Å². The number of fused-ring (bicyclic) bond motifs is 1. The van der Waals surface area contributed by atoms with Crippen LogP contribution >= 0.6 is 11.8 Å². The summed E-state index contributed by atoms with van der Waals surface area (Å²) in [5, 5.41) is 0. The first-order chi connectivity index (χ1) is 12.1. The van der Waals surface area contributed by atoms with Crippen molar-refractivity contribution in [3.63, 3.8) is 0 Å². The average Bonchev–Trinajstić information content (AvgIpc) is 3.07. The fraction of sp³-hybridized carbons (Fsp3) is 0.100. The Kier molecular flexibility index (Phi) is 4.09. The lowest BCUT2D eigenvalue weighted by molar-refractivity contribution is 0.174. The summed E-state index contributed by atoms with van der Waals surface area (Å²) in [5.41, 5.74) is 2.93. The third-order valence-corrected chi connectivity index (χ3v) is 4.83. The molecule has 1 aliphatic heterocycles. The van der Waals surface area contributed by atoms with Gasteiger partial charge in [0.15, 0.2) is 11.5 Å². The maximum Gasteiger partial charge on any atom is 0.231 e. The molecule has 126 valence electrons. The molecule has 0 amide bonds. The molecular formula is C20H14F2O2S. The number of ether oxygens (including phenoxy) is 2. The molecule has 3 aromatic carbocycles. The summed E-state index contributed by atoms with van der Waals surface area (Å²) in [6, 6.07) is 15.1. The van der Waals surface area contributed by atoms with Crippen molar-refractivity contribution in [2.45, 2.75) is 4.90 Å². The van der Waals surface area contributed by atoms with E-state index in [1.807, 2.05) is 36.6 Å². The van der Waals surface area contributed by atoms with Crippen LogP contribution in [0.5, 0.6) is 11.5 Å². The topological polar surface area (TPSA) is 18.5 Å². The Hall–Kier alpha value is -2.53. The summed E-state index contributed by atoms with van der Waals surface area (Å²) in [5.74, 6) is -0.0265. The zero-order chi connectivity index (χ0) is 17.4. The van der Waals surface area contributed by atoms with Crippen LogP contribution in [0.25, 0.3) is 22.3 Å². The van der Waals surface area contributed by atoms with Gasteiger partial charge in [-0.15, -0.1) is 11.8 Å². The minimum absolute atomic E-state index is 0.140. The molecule has 0 atom stereocenters. The highest BCUT2D eigenvalue weighted by Crippen LogP contribution is 2.43. The second-order valence-electron chi connectivity index (χ2n) is 5.64. The fourth-order valence-corrected chi connectivity index (χ4v) is 3.31. The standard InChI is InChI=1S/C20H14F2O2S/c1-25-16-4-2-12(3-5-16)17-9-19-20(24-11-23-19)10-18(17)13-6-14(21)8-15(22)7-13/h2-10H,11H2,1H3. The third-order valence-electron chi connectivity index (χ3n) is 4.09. The van der Waals surface area contributed by atoms with E-state index in [1.165, 1.54) is 12.1 Å². The normalized spacial score (nSPS) is 12.4. The van der Waals surface area contributed by atoms with E-state index in [0.717, 1.165) is 22.1 Å². The largest absolute Gasteiger partial charge is 0.454 e. The van der Waals surface area contributed by atoms with Gasteiger partial charge in [-0.2, -0.15) is 0 Å². The van der Waals surface area contributed by atoms with Crippen molar-refractivity contribution in [3.05, 3.63) is 66.2 Å². The molecule has 0 radical (unpaired) electrons. The highest BCUT2D eigenvalue weighted by atomic mass is 32.2. The molecule has 3 aromatic rings. The van der Waals surface area contributed by atoms with Crippen LogP contribution in [-0.4, -0.2) is 13.0 Å². The van der Waals surface area contributed by atoms with E-state index in [9.17, 15) is 8.78 Å². The minimum atomic E-state index is -0.614. The van der Waals surface area contributed by atoms with Crippen LogP contribution in [0.1, 0.15) is 0 Å². The Bertz CT molecular complexity index is 919. The van der Waals surface area contributed by atoms with Crippen molar-refractivity contribution in [1.29, 1.82) is 0 Å². The minimum Gasteiger partial charge on any atom is -0.454 e. The van der Waals surface area contributed by atoms with Crippen LogP contribution in [0.3, 0.4) is 0 Å². The van der Waals surface area contributed by atoms with E-state index >= 15 is 0 Å². The lowest BCUT2D eigenvalue weighted by Crippen LogP contribution is -1.92. The van der Waals surface area contributed by atoms with E-state index in [0.29, 0.717) is 22.6 Å². The van der Waals surface area contributed by atoms with E-state index in [2.05, 4.69) is 0 Å². The van der Waals surface area contributed by atoms with Crippen molar-refractivity contribution < 1.29 is 18.3 Å². The Labute approximate surface area is 148 Å². The maximum absolute atomic E-state index is 13.7. The molecule has 0 aromatic heterocycles. The Morgan fingerprint density at radius 3 is 1.88 bits per heavy atom. The van der Waals surface area contributed by atoms with Crippen LogP contribution in [-0.2, 0) is 0 Å². The van der Waals surface area contributed by atoms with Crippen molar-refractivity contribution in [3.8, 4) is 33.8 Å². The molecule has 0 N–H and O–H groups in total. The average molecular weight is 356 g/mol. The molecule has 0 saturated heterocycles. The van der Waals surface area contributed by atoms with Gasteiger partial charge in [0.05, 0.1) is 0 Å². The van der Waals surface area contributed by atoms with Gasteiger partial charge in [0.25, 0.3) is 0 Å². The molecule has 25 heavy (non-hydrogen) atoms. The highest BCUT2D eigenvalue weighted by Gasteiger charge is 2.19. The molecule has 5 heteroatoms. The predicted octanol–water partition coefficient (Wildman–Crippen LogP) is 5.75. The molecule has 0 aliphatic carbocycles. The lowest BCUT2D eigenvalue weighted by Gasteiger charge is -2.13. The van der Waals surface area contributed by atoms with Crippen molar-refractivity contribution in [2.75, 3.05) is 13.0 Å². The molecule has 1 aliphatic rings. The Balaban J connectivity index is 1.92. The Morgan fingerprint density at radius 1 is 0.760 bits per heavy atom. The second kappa shape index (κ2) is 6.41. The first-order valence-electron chi connectivity index (χ1n) is 7.68. The molecule has 2 nitrogen and oxygen atoms in total. The zero-order valence-corrected chi connectivity index (χ0v) is 14.2. The molecule has 0 unspecified atom stereocenters. The van der Waals surface area contributed by atoms with Crippen molar-refractivity contribution >= 4 is 11.8 Å². The summed E-state index contributed by atoms with van der Waals surface area (Å²) < 4.78 is 38.3. The van der Waals surface area contributed by atoms with Gasteiger partial charge in [-0.05, 0) is 64.9 Å². The monoisotopic (exact) mass is 356 g/mol. The first-order valence-corrected chi connectivity index (χ1v) is 8.91. The van der Waals surface area contributed by atoms with Gasteiger partial charge in [0.2, 0.25) is 6.79 Å². The molecule has 1 heterocycles. The maximum atomic E-state index is 13.7. The SMILES string of the molecule is CSc1ccc(-c2cc3c(cc2-c2cc(F)cc(F)c2)OCO3)cc1. The highest BCUT2D eigenvalue weighted by molar-refractivity contribution is 7.98. The third kappa shape index (κ3) is 3.07. The summed E-state index contributed by atoms with van der Waals surface area (Å²) in [6.45, 7) is 0.140. The smallest absolute Gasteiger partial charge is 0.231 e. The molecular weight excluding hydrogens is 342 g/mol. The van der Waals surface area contributed by atoms with Crippen molar-refractivity contribution in [2.24, 2.45) is 0 Å². The first kappa shape index (κ1) is 16.0. The second-order valence-corrected chi connectivity index (χ2v) is 6.52. The van der Waals surface area contributed by atoms with E-state index in [4.69, 9.17) is 9.47 Å². The van der Waals surface area contributed by atoms with Crippen LogP contribution in [0, 0.1) is 11.6 Å². The summed E-state index contributed by atoms with van der Waals surface area (Å²) in [4.78, 5) is 1.14. The number of halogens is 2. The van der Waals surface area contributed by atoms with Crippen LogP contribution < -0.4 is 9.47 Å². The zero-order valence-electron chi connectivity index (χ0n) is 13.4. The summed E-state index contributed by atoms with van der Waals surface area (Å²) in [7, 11) is 0. The molecule has 0 spiro atoms.